The van der Waals surface area contributed by atoms with Crippen molar-refractivity contribution in [1.82, 2.24) is 24.7 Å². The van der Waals surface area contributed by atoms with E-state index in [1.165, 1.54) is 6.33 Å². The van der Waals surface area contributed by atoms with Crippen LogP contribution in [0, 0.1) is 0 Å². The lowest BCUT2D eigenvalue weighted by atomic mass is 10.6. The molecular weight excluding hydrogens is 222 g/mol. The molecule has 0 fully saturated rings. The largest absolute Gasteiger partial charge is 0.319 e. The smallest absolute Gasteiger partial charge is 0.191 e. The highest BCUT2D eigenvalue weighted by Crippen LogP contribution is 2.16. The standard InChI is InChI=1S/C6H6BrN5/c1-12-4(7)2-8-6(12)5-9-3-10-11-5/h2-3H,1H3,(H,9,10,11). The first kappa shape index (κ1) is 7.48. The van der Waals surface area contributed by atoms with Crippen LogP contribution >= 0.6 is 15.9 Å². The molecule has 0 unspecified atom stereocenters. The van der Waals surface area contributed by atoms with E-state index in [9.17, 15) is 0 Å². The van der Waals surface area contributed by atoms with Crippen LogP contribution in [0.15, 0.2) is 17.1 Å². The van der Waals surface area contributed by atoms with Crippen molar-refractivity contribution >= 4 is 15.9 Å². The van der Waals surface area contributed by atoms with E-state index in [4.69, 9.17) is 0 Å². The summed E-state index contributed by atoms with van der Waals surface area (Å²) in [6.07, 6.45) is 3.18. The first-order valence-electron chi connectivity index (χ1n) is 3.32. The van der Waals surface area contributed by atoms with Crippen molar-refractivity contribution in [2.45, 2.75) is 0 Å². The molecule has 2 heterocycles. The van der Waals surface area contributed by atoms with E-state index in [1.807, 2.05) is 11.6 Å². The molecule has 0 bridgehead atoms. The van der Waals surface area contributed by atoms with Gasteiger partial charge in [0, 0.05) is 7.05 Å². The first-order valence-corrected chi connectivity index (χ1v) is 4.11. The van der Waals surface area contributed by atoms with Crippen LogP contribution in [-0.4, -0.2) is 24.7 Å². The third-order valence-electron chi connectivity index (χ3n) is 1.56. The summed E-state index contributed by atoms with van der Waals surface area (Å²) >= 11 is 3.34. The Balaban J connectivity index is 2.55. The van der Waals surface area contributed by atoms with Crippen molar-refractivity contribution in [2.24, 2.45) is 7.05 Å². The number of aromatic nitrogens is 5. The van der Waals surface area contributed by atoms with Gasteiger partial charge in [-0.3, -0.25) is 5.10 Å². The monoisotopic (exact) mass is 227 g/mol. The number of nitrogens with one attached hydrogen (secondary N) is 1. The lowest BCUT2D eigenvalue weighted by molar-refractivity contribution is 0.887. The Hall–Kier alpha value is -1.17. The molecule has 0 spiro atoms. The van der Waals surface area contributed by atoms with Crippen LogP contribution in [0.4, 0.5) is 0 Å². The van der Waals surface area contributed by atoms with Crippen LogP contribution in [0.25, 0.3) is 11.6 Å². The molecule has 12 heavy (non-hydrogen) atoms. The van der Waals surface area contributed by atoms with Gasteiger partial charge in [0.2, 0.25) is 0 Å². The summed E-state index contributed by atoms with van der Waals surface area (Å²) < 4.78 is 2.79. The molecule has 62 valence electrons. The second-order valence-corrected chi connectivity index (χ2v) is 3.11. The molecule has 0 radical (unpaired) electrons. The van der Waals surface area contributed by atoms with Gasteiger partial charge < -0.3 is 4.57 Å². The number of aromatic amines is 1. The summed E-state index contributed by atoms with van der Waals surface area (Å²) in [5, 5.41) is 6.49. The summed E-state index contributed by atoms with van der Waals surface area (Å²) in [6, 6.07) is 0. The highest BCUT2D eigenvalue weighted by atomic mass is 79.9. The fourth-order valence-electron chi connectivity index (χ4n) is 0.922. The molecule has 1 N–H and O–H groups in total. The maximum atomic E-state index is 4.14. The van der Waals surface area contributed by atoms with Gasteiger partial charge in [-0.1, -0.05) is 0 Å². The Morgan fingerprint density at radius 1 is 1.50 bits per heavy atom. The SMILES string of the molecule is Cn1c(Br)cnc1-c1ncn[nH]1. The van der Waals surface area contributed by atoms with E-state index >= 15 is 0 Å². The average Bonchev–Trinajstić information content (AvgIpc) is 2.64. The Bertz CT molecular complexity index is 377. The number of imidazole rings is 1. The minimum Gasteiger partial charge on any atom is -0.319 e. The quantitative estimate of drug-likeness (QED) is 0.790. The highest BCUT2D eigenvalue weighted by Gasteiger charge is 2.08. The lowest BCUT2D eigenvalue weighted by Gasteiger charge is -1.96. The van der Waals surface area contributed by atoms with E-state index in [-0.39, 0.29) is 0 Å². The molecule has 0 saturated carbocycles. The van der Waals surface area contributed by atoms with Gasteiger partial charge in [0.25, 0.3) is 0 Å². The van der Waals surface area contributed by atoms with Gasteiger partial charge in [0.1, 0.15) is 10.9 Å². The number of H-pyrrole nitrogens is 1. The molecule has 2 aromatic heterocycles. The van der Waals surface area contributed by atoms with E-state index in [0.29, 0.717) is 5.82 Å². The summed E-state index contributed by atoms with van der Waals surface area (Å²) in [4.78, 5) is 8.13. The number of hydrogen-bond acceptors (Lipinski definition) is 3. The predicted molar refractivity (Wildman–Crippen MR) is 46.3 cm³/mol. The van der Waals surface area contributed by atoms with Crippen LogP contribution in [0.2, 0.25) is 0 Å². The molecule has 0 aliphatic heterocycles. The van der Waals surface area contributed by atoms with Gasteiger partial charge in [0.05, 0.1) is 6.20 Å². The van der Waals surface area contributed by atoms with E-state index in [0.717, 1.165) is 10.4 Å². The van der Waals surface area contributed by atoms with Crippen LogP contribution in [0.5, 0.6) is 0 Å². The number of nitrogens with zero attached hydrogens (tertiary/aromatic N) is 4. The van der Waals surface area contributed by atoms with Gasteiger partial charge in [-0.25, -0.2) is 9.97 Å². The highest BCUT2D eigenvalue weighted by molar-refractivity contribution is 9.10. The van der Waals surface area contributed by atoms with Crippen LogP contribution in [0.3, 0.4) is 0 Å². The zero-order valence-corrected chi connectivity index (χ0v) is 7.91. The molecule has 6 heteroatoms. The van der Waals surface area contributed by atoms with Gasteiger partial charge in [-0.05, 0) is 15.9 Å². The van der Waals surface area contributed by atoms with Crippen LogP contribution in [-0.2, 0) is 7.05 Å². The molecule has 5 nitrogen and oxygen atoms in total. The predicted octanol–water partition coefficient (Wildman–Crippen LogP) is 0.968. The molecule has 2 rings (SSSR count). The van der Waals surface area contributed by atoms with Crippen molar-refractivity contribution in [3.05, 3.63) is 17.1 Å². The van der Waals surface area contributed by atoms with Crippen molar-refractivity contribution in [1.29, 1.82) is 0 Å². The Labute approximate surface area is 77.0 Å². The van der Waals surface area contributed by atoms with Gasteiger partial charge in [0.15, 0.2) is 11.6 Å². The molecular formula is C6H6BrN5. The third kappa shape index (κ3) is 1.04. The zero-order valence-electron chi connectivity index (χ0n) is 6.32. The number of hydrogen-bond donors (Lipinski definition) is 1. The lowest BCUT2D eigenvalue weighted by Crippen LogP contribution is -1.94. The van der Waals surface area contributed by atoms with Crippen molar-refractivity contribution in [3.8, 4) is 11.6 Å². The summed E-state index contributed by atoms with van der Waals surface area (Å²) in [5.74, 6) is 1.43. The zero-order chi connectivity index (χ0) is 8.55. The second kappa shape index (κ2) is 2.71. The molecule has 0 aliphatic rings. The van der Waals surface area contributed by atoms with E-state index in [1.54, 1.807) is 6.20 Å². The average molecular weight is 228 g/mol. The molecule has 0 amide bonds. The minimum absolute atomic E-state index is 0.670. The van der Waals surface area contributed by atoms with Crippen LogP contribution < -0.4 is 0 Å². The first-order chi connectivity index (χ1) is 5.79. The van der Waals surface area contributed by atoms with E-state index < -0.39 is 0 Å². The Morgan fingerprint density at radius 2 is 2.33 bits per heavy atom. The van der Waals surface area contributed by atoms with E-state index in [2.05, 4.69) is 36.1 Å². The van der Waals surface area contributed by atoms with Gasteiger partial charge in [-0.2, -0.15) is 5.10 Å². The molecule has 0 saturated heterocycles. The molecule has 0 aliphatic carbocycles. The topological polar surface area (TPSA) is 59.4 Å². The Morgan fingerprint density at radius 3 is 2.83 bits per heavy atom. The molecule has 2 aromatic rings. The van der Waals surface area contributed by atoms with Crippen molar-refractivity contribution in [3.63, 3.8) is 0 Å². The van der Waals surface area contributed by atoms with Crippen molar-refractivity contribution in [2.75, 3.05) is 0 Å². The number of halogens is 1. The third-order valence-corrected chi connectivity index (χ3v) is 2.30. The molecule has 0 aromatic carbocycles. The van der Waals surface area contributed by atoms with Crippen molar-refractivity contribution < 1.29 is 0 Å². The van der Waals surface area contributed by atoms with Gasteiger partial charge in [-0.15, -0.1) is 0 Å². The summed E-state index contributed by atoms with van der Waals surface area (Å²) in [7, 11) is 1.90. The number of rotatable bonds is 1. The summed E-state index contributed by atoms with van der Waals surface area (Å²) in [5.41, 5.74) is 0. The maximum absolute atomic E-state index is 4.14. The fourth-order valence-corrected chi connectivity index (χ4v) is 1.19. The van der Waals surface area contributed by atoms with Crippen LogP contribution in [0.1, 0.15) is 0 Å². The van der Waals surface area contributed by atoms with Gasteiger partial charge >= 0.3 is 0 Å². The maximum Gasteiger partial charge on any atom is 0.191 e. The fraction of sp³-hybridized carbons (Fsp3) is 0.167. The normalized spacial score (nSPS) is 10.5. The molecule has 0 atom stereocenters. The summed E-state index contributed by atoms with van der Waals surface area (Å²) in [6.45, 7) is 0. The minimum atomic E-state index is 0.670. The second-order valence-electron chi connectivity index (χ2n) is 2.30. The Kier molecular flexibility index (Phi) is 1.69.